The van der Waals surface area contributed by atoms with Crippen LogP contribution in [0.5, 0.6) is 0 Å². The van der Waals surface area contributed by atoms with Crippen molar-refractivity contribution < 1.29 is 19.1 Å². The van der Waals surface area contributed by atoms with Crippen molar-refractivity contribution in [3.05, 3.63) is 36.5 Å². The highest BCUT2D eigenvalue weighted by molar-refractivity contribution is 5.98. The first-order valence-corrected chi connectivity index (χ1v) is 10.0. The zero-order valence-electron chi connectivity index (χ0n) is 16.6. The van der Waals surface area contributed by atoms with E-state index in [0.29, 0.717) is 25.9 Å². The van der Waals surface area contributed by atoms with Crippen molar-refractivity contribution >= 4 is 28.6 Å². The molecule has 1 unspecified atom stereocenters. The van der Waals surface area contributed by atoms with Crippen LogP contribution >= 0.6 is 0 Å². The molecule has 1 aromatic heterocycles. The molecule has 2 fully saturated rings. The first-order valence-electron chi connectivity index (χ1n) is 10.0. The standard InChI is InChI=1S/C21H26N4O4/c1-13(22-2)19(26)23-15-10-12-29-18-8-7-17(25(18)20(15)27)21(28)24-11-9-14-5-3-4-6-16(14)24/h3-6,9,11,13,15,17-18,22H,7-8,10,12H2,1-2H3,(H,23,26)/t13?,15-,17-,18-/m0/s1. The van der Waals surface area contributed by atoms with Crippen molar-refractivity contribution in [3.8, 4) is 0 Å². The van der Waals surface area contributed by atoms with E-state index in [4.69, 9.17) is 4.74 Å². The van der Waals surface area contributed by atoms with E-state index in [0.717, 1.165) is 10.9 Å². The topological polar surface area (TPSA) is 92.7 Å². The Hall–Kier alpha value is -2.71. The van der Waals surface area contributed by atoms with Gasteiger partial charge in [-0.1, -0.05) is 18.2 Å². The fraction of sp³-hybridized carbons (Fsp3) is 0.476. The fourth-order valence-electron chi connectivity index (χ4n) is 4.10. The summed E-state index contributed by atoms with van der Waals surface area (Å²) >= 11 is 0. The molecule has 0 bridgehead atoms. The van der Waals surface area contributed by atoms with Gasteiger partial charge in [0.2, 0.25) is 11.8 Å². The van der Waals surface area contributed by atoms with Crippen LogP contribution in [-0.2, 0) is 14.3 Å². The van der Waals surface area contributed by atoms with Crippen LogP contribution in [0.15, 0.2) is 36.5 Å². The minimum Gasteiger partial charge on any atom is -0.358 e. The van der Waals surface area contributed by atoms with Gasteiger partial charge >= 0.3 is 0 Å². The molecular formula is C21H26N4O4. The maximum atomic E-state index is 13.3. The Labute approximate surface area is 169 Å². The van der Waals surface area contributed by atoms with E-state index in [9.17, 15) is 14.4 Å². The van der Waals surface area contributed by atoms with Gasteiger partial charge in [0.15, 0.2) is 0 Å². The molecule has 0 saturated carbocycles. The molecule has 0 radical (unpaired) electrons. The molecule has 154 valence electrons. The zero-order chi connectivity index (χ0) is 20.5. The Morgan fingerprint density at radius 1 is 1.17 bits per heavy atom. The molecule has 0 aliphatic carbocycles. The summed E-state index contributed by atoms with van der Waals surface area (Å²) in [5, 5.41) is 6.65. The van der Waals surface area contributed by atoms with Crippen molar-refractivity contribution in [2.45, 2.75) is 50.5 Å². The Morgan fingerprint density at radius 3 is 2.76 bits per heavy atom. The maximum absolute atomic E-state index is 13.3. The highest BCUT2D eigenvalue weighted by atomic mass is 16.5. The molecule has 2 amide bonds. The number of carbonyl (C=O) groups is 3. The lowest BCUT2D eigenvalue weighted by Gasteiger charge is -2.30. The predicted molar refractivity (Wildman–Crippen MR) is 107 cm³/mol. The number of hydrogen-bond donors (Lipinski definition) is 2. The van der Waals surface area contributed by atoms with Crippen molar-refractivity contribution in [1.29, 1.82) is 0 Å². The highest BCUT2D eigenvalue weighted by Crippen LogP contribution is 2.30. The summed E-state index contributed by atoms with van der Waals surface area (Å²) in [7, 11) is 1.69. The van der Waals surface area contributed by atoms with Gasteiger partial charge in [-0.3, -0.25) is 19.0 Å². The first-order chi connectivity index (χ1) is 14.0. The number of carbonyl (C=O) groups excluding carboxylic acids is 3. The SMILES string of the molecule is CNC(C)C(=O)N[C@H]1CCO[C@H]2CC[C@@H](C(=O)n3ccc4ccccc43)N2C1=O. The molecular weight excluding hydrogens is 372 g/mol. The van der Waals surface area contributed by atoms with Gasteiger partial charge in [0.25, 0.3) is 5.91 Å². The van der Waals surface area contributed by atoms with Crippen molar-refractivity contribution in [2.24, 2.45) is 0 Å². The molecule has 1 aromatic carbocycles. The predicted octanol–water partition coefficient (Wildman–Crippen LogP) is 1.11. The van der Waals surface area contributed by atoms with Crippen LogP contribution in [0.1, 0.15) is 31.0 Å². The first kappa shape index (κ1) is 19.6. The summed E-state index contributed by atoms with van der Waals surface area (Å²) < 4.78 is 7.47. The number of nitrogens with one attached hydrogen (secondary N) is 2. The largest absolute Gasteiger partial charge is 0.358 e. The van der Waals surface area contributed by atoms with E-state index >= 15 is 0 Å². The summed E-state index contributed by atoms with van der Waals surface area (Å²) in [5.41, 5.74) is 0.817. The Bertz CT molecular complexity index is 940. The number of benzene rings is 1. The minimum atomic E-state index is -0.696. The second-order valence-electron chi connectivity index (χ2n) is 7.61. The monoisotopic (exact) mass is 398 g/mol. The molecule has 29 heavy (non-hydrogen) atoms. The Kier molecular flexibility index (Phi) is 5.38. The van der Waals surface area contributed by atoms with E-state index in [2.05, 4.69) is 10.6 Å². The molecule has 8 nitrogen and oxygen atoms in total. The van der Waals surface area contributed by atoms with Crippen LogP contribution < -0.4 is 10.6 Å². The van der Waals surface area contributed by atoms with Gasteiger partial charge in [-0.2, -0.15) is 0 Å². The van der Waals surface area contributed by atoms with E-state index in [-0.39, 0.29) is 17.7 Å². The summed E-state index contributed by atoms with van der Waals surface area (Å²) in [5.74, 6) is -0.652. The van der Waals surface area contributed by atoms with E-state index in [1.54, 1.807) is 29.6 Å². The van der Waals surface area contributed by atoms with Gasteiger partial charge in [-0.15, -0.1) is 0 Å². The molecule has 2 aromatic rings. The van der Waals surface area contributed by atoms with E-state index in [1.807, 2.05) is 30.3 Å². The molecule has 4 atom stereocenters. The second kappa shape index (κ2) is 7.96. The van der Waals surface area contributed by atoms with Gasteiger partial charge in [0.05, 0.1) is 18.2 Å². The van der Waals surface area contributed by atoms with E-state index in [1.165, 1.54) is 0 Å². The number of rotatable bonds is 4. The van der Waals surface area contributed by atoms with Gasteiger partial charge in [0, 0.05) is 18.0 Å². The normalized spacial score (nSPS) is 25.5. The van der Waals surface area contributed by atoms with Crippen LogP contribution in [0.25, 0.3) is 10.9 Å². The van der Waals surface area contributed by atoms with Gasteiger partial charge in [0.1, 0.15) is 18.3 Å². The lowest BCUT2D eigenvalue weighted by atomic mass is 10.1. The highest BCUT2D eigenvalue weighted by Gasteiger charge is 2.46. The third-order valence-electron chi connectivity index (χ3n) is 5.87. The second-order valence-corrected chi connectivity index (χ2v) is 7.61. The van der Waals surface area contributed by atoms with Crippen molar-refractivity contribution in [2.75, 3.05) is 13.7 Å². The van der Waals surface area contributed by atoms with Crippen LogP contribution in [0.3, 0.4) is 0 Å². The van der Waals surface area contributed by atoms with Crippen LogP contribution in [0.2, 0.25) is 0 Å². The number of fused-ring (bicyclic) bond motifs is 2. The van der Waals surface area contributed by atoms with Crippen molar-refractivity contribution in [3.63, 3.8) is 0 Å². The molecule has 4 rings (SSSR count). The van der Waals surface area contributed by atoms with Crippen molar-refractivity contribution in [1.82, 2.24) is 20.1 Å². The van der Waals surface area contributed by atoms with Gasteiger partial charge in [-0.25, -0.2) is 0 Å². The molecule has 8 heteroatoms. The number of ether oxygens (including phenoxy) is 1. The Balaban J connectivity index is 1.58. The van der Waals surface area contributed by atoms with Gasteiger partial charge < -0.3 is 20.3 Å². The number of para-hydroxylation sites is 1. The summed E-state index contributed by atoms with van der Waals surface area (Å²) in [4.78, 5) is 40.4. The molecule has 2 saturated heterocycles. The molecule has 2 aliphatic rings. The lowest BCUT2D eigenvalue weighted by Crippen LogP contribution is -2.55. The Morgan fingerprint density at radius 2 is 1.97 bits per heavy atom. The van der Waals surface area contributed by atoms with E-state index < -0.39 is 24.4 Å². The number of likely N-dealkylation sites (N-methyl/N-ethyl adjacent to an activating group) is 1. The van der Waals surface area contributed by atoms with Crippen LogP contribution in [0, 0.1) is 0 Å². The van der Waals surface area contributed by atoms with Crippen LogP contribution in [-0.4, -0.2) is 65.2 Å². The third kappa shape index (κ3) is 3.54. The summed E-state index contributed by atoms with van der Waals surface area (Å²) in [6.07, 6.45) is 2.85. The third-order valence-corrected chi connectivity index (χ3v) is 5.87. The average molecular weight is 398 g/mol. The maximum Gasteiger partial charge on any atom is 0.253 e. The fourth-order valence-corrected chi connectivity index (χ4v) is 4.10. The zero-order valence-corrected chi connectivity index (χ0v) is 16.6. The summed E-state index contributed by atoms with van der Waals surface area (Å²) in [6, 6.07) is 7.83. The number of nitrogens with zero attached hydrogens (tertiary/aromatic N) is 2. The number of amides is 2. The molecule has 2 N–H and O–H groups in total. The lowest BCUT2D eigenvalue weighted by molar-refractivity contribution is -0.143. The molecule has 2 aliphatic heterocycles. The van der Waals surface area contributed by atoms with Crippen LogP contribution in [0.4, 0.5) is 0 Å². The summed E-state index contributed by atoms with van der Waals surface area (Å²) in [6.45, 7) is 2.09. The quantitative estimate of drug-likeness (QED) is 0.805. The number of aromatic nitrogens is 1. The number of hydrogen-bond acceptors (Lipinski definition) is 5. The molecule has 3 heterocycles. The molecule has 0 spiro atoms. The van der Waals surface area contributed by atoms with Gasteiger partial charge in [-0.05, 0) is 38.9 Å². The minimum absolute atomic E-state index is 0.152. The smallest absolute Gasteiger partial charge is 0.253 e. The average Bonchev–Trinajstić information content (AvgIpc) is 3.32.